The molecule has 1 atom stereocenters. The minimum absolute atomic E-state index is 0.0395. The molecule has 3 heterocycles. The lowest BCUT2D eigenvalue weighted by Crippen LogP contribution is -2.31. The Kier molecular flexibility index (Phi) is 5.42. The Bertz CT molecular complexity index is 1760. The average Bonchev–Trinajstić information content (AvgIpc) is 3.56. The molecule has 1 aliphatic heterocycles. The van der Waals surface area contributed by atoms with Crippen LogP contribution in [0.2, 0.25) is 0 Å². The number of aryl methyl sites for hydroxylation is 1. The third kappa shape index (κ3) is 3.64. The molecule has 7 nitrogen and oxygen atoms in total. The molecule has 184 valence electrons. The fraction of sp³-hybridized carbons (Fsp3) is 0.103. The summed E-state index contributed by atoms with van der Waals surface area (Å²) in [5.74, 6) is -1.24. The molecule has 1 amide bonds. The maximum absolute atomic E-state index is 14.0. The van der Waals surface area contributed by atoms with E-state index in [1.54, 1.807) is 36.4 Å². The molecule has 8 heteroatoms. The summed E-state index contributed by atoms with van der Waals surface area (Å²) in [6, 6.07) is 20.9. The van der Waals surface area contributed by atoms with Crippen molar-refractivity contribution in [3.05, 3.63) is 106 Å². The number of hydrogen-bond donors (Lipinski definition) is 1. The molecule has 0 spiro atoms. The highest BCUT2D eigenvalue weighted by atomic mass is 79.9. The number of amides is 1. The molecule has 0 saturated carbocycles. The molecule has 3 aromatic carbocycles. The van der Waals surface area contributed by atoms with Gasteiger partial charge < -0.3 is 18.8 Å². The number of hydrogen-bond acceptors (Lipinski definition) is 5. The Morgan fingerprint density at radius 1 is 1.05 bits per heavy atom. The molecule has 6 rings (SSSR count). The van der Waals surface area contributed by atoms with E-state index in [0.717, 1.165) is 20.8 Å². The number of aliphatic hydroxyl groups excluding tert-OH is 1. The number of methoxy groups -OCH3 is 1. The van der Waals surface area contributed by atoms with Crippen molar-refractivity contribution in [2.24, 2.45) is 7.05 Å². The smallest absolute Gasteiger partial charge is 0.294 e. The lowest BCUT2D eigenvalue weighted by Gasteiger charge is -2.26. The number of para-hydroxylation sites is 1. The molecule has 5 aromatic rings. The molecule has 0 fully saturated rings. The second-order valence-corrected chi connectivity index (χ2v) is 9.79. The first-order valence-electron chi connectivity index (χ1n) is 11.6. The van der Waals surface area contributed by atoms with Crippen molar-refractivity contribution in [3.8, 4) is 5.75 Å². The van der Waals surface area contributed by atoms with Crippen LogP contribution in [0, 0.1) is 0 Å². The number of nitrogens with zero attached hydrogens (tertiary/aromatic N) is 2. The second kappa shape index (κ2) is 8.67. The normalized spacial score (nSPS) is 15.8. The van der Waals surface area contributed by atoms with Gasteiger partial charge in [-0.1, -0.05) is 40.2 Å². The monoisotopic (exact) mass is 556 g/mol. The maximum atomic E-state index is 14.0. The number of carbonyl (C=O) groups excluding carboxylic acids is 2. The molecular formula is C29H21BrN2O5. The van der Waals surface area contributed by atoms with Gasteiger partial charge in [0.1, 0.15) is 11.3 Å². The van der Waals surface area contributed by atoms with Gasteiger partial charge in [0.05, 0.1) is 18.7 Å². The number of ether oxygens (including phenoxy) is 1. The Labute approximate surface area is 220 Å². The number of ketones is 1. The highest BCUT2D eigenvalue weighted by Crippen LogP contribution is 2.45. The number of aliphatic hydroxyl groups is 1. The third-order valence-corrected chi connectivity index (χ3v) is 7.20. The van der Waals surface area contributed by atoms with Gasteiger partial charge in [-0.15, -0.1) is 0 Å². The summed E-state index contributed by atoms with van der Waals surface area (Å²) in [5, 5.41) is 12.8. The fourth-order valence-electron chi connectivity index (χ4n) is 5.01. The Hall–Kier alpha value is -4.30. The molecule has 1 aliphatic rings. The van der Waals surface area contributed by atoms with Crippen molar-refractivity contribution >= 4 is 55.2 Å². The molecule has 0 radical (unpaired) electrons. The zero-order chi connectivity index (χ0) is 25.8. The lowest BCUT2D eigenvalue weighted by atomic mass is 9.94. The van der Waals surface area contributed by atoms with Crippen LogP contribution in [0.15, 0.2) is 99.2 Å². The molecule has 2 aromatic heterocycles. The van der Waals surface area contributed by atoms with Crippen molar-refractivity contribution in [2.45, 2.75) is 6.04 Å². The predicted molar refractivity (Wildman–Crippen MR) is 144 cm³/mol. The largest absolute Gasteiger partial charge is 0.503 e. The van der Waals surface area contributed by atoms with Gasteiger partial charge in [0.15, 0.2) is 11.5 Å². The van der Waals surface area contributed by atoms with E-state index in [9.17, 15) is 14.7 Å². The standard InChI is InChI=1S/C29H21BrN2O5/c1-31-15-21(20-8-3-4-9-22(20)31)26-25(27(33)24-13-16-12-17(30)10-11-23(16)37-24)28(34)29(35)32(26)18-6-5-7-19(14-18)36-2/h3-15,26,34H,1-2H3. The summed E-state index contributed by atoms with van der Waals surface area (Å²) >= 11 is 3.43. The van der Waals surface area contributed by atoms with Crippen molar-refractivity contribution in [3.63, 3.8) is 0 Å². The Balaban J connectivity index is 1.57. The van der Waals surface area contributed by atoms with Crippen LogP contribution in [-0.4, -0.2) is 28.5 Å². The van der Waals surface area contributed by atoms with Crippen LogP contribution in [0.5, 0.6) is 5.75 Å². The quantitative estimate of drug-likeness (QED) is 0.250. The molecule has 37 heavy (non-hydrogen) atoms. The summed E-state index contributed by atoms with van der Waals surface area (Å²) in [7, 11) is 3.44. The van der Waals surface area contributed by atoms with Crippen LogP contribution in [0.1, 0.15) is 22.2 Å². The van der Waals surface area contributed by atoms with E-state index in [2.05, 4.69) is 15.9 Å². The number of benzene rings is 3. The van der Waals surface area contributed by atoms with Gasteiger partial charge in [0, 0.05) is 51.3 Å². The summed E-state index contributed by atoms with van der Waals surface area (Å²) in [5.41, 5.74) is 2.62. The summed E-state index contributed by atoms with van der Waals surface area (Å²) in [6.07, 6.45) is 1.89. The van der Waals surface area contributed by atoms with Crippen molar-refractivity contribution < 1.29 is 23.8 Å². The first-order valence-corrected chi connectivity index (χ1v) is 12.3. The molecule has 1 unspecified atom stereocenters. The van der Waals surface area contributed by atoms with E-state index in [-0.39, 0.29) is 11.3 Å². The van der Waals surface area contributed by atoms with Gasteiger partial charge in [-0.25, -0.2) is 0 Å². The number of anilines is 1. The van der Waals surface area contributed by atoms with Crippen LogP contribution in [0.3, 0.4) is 0 Å². The number of aromatic nitrogens is 1. The lowest BCUT2D eigenvalue weighted by molar-refractivity contribution is -0.117. The van der Waals surface area contributed by atoms with E-state index in [1.165, 1.54) is 12.0 Å². The van der Waals surface area contributed by atoms with Gasteiger partial charge in [0.2, 0.25) is 5.78 Å². The average molecular weight is 557 g/mol. The number of fused-ring (bicyclic) bond motifs is 2. The molecular weight excluding hydrogens is 536 g/mol. The van der Waals surface area contributed by atoms with E-state index >= 15 is 0 Å². The zero-order valence-electron chi connectivity index (χ0n) is 19.9. The highest BCUT2D eigenvalue weighted by Gasteiger charge is 2.46. The topological polar surface area (TPSA) is 84.9 Å². The number of rotatable bonds is 5. The van der Waals surface area contributed by atoms with Crippen LogP contribution in [0.4, 0.5) is 5.69 Å². The van der Waals surface area contributed by atoms with Gasteiger partial charge in [-0.05, 0) is 42.5 Å². The minimum atomic E-state index is -0.891. The van der Waals surface area contributed by atoms with Crippen molar-refractivity contribution in [1.29, 1.82) is 0 Å². The van der Waals surface area contributed by atoms with E-state index in [1.807, 2.05) is 54.2 Å². The van der Waals surface area contributed by atoms with Gasteiger partial charge in [-0.3, -0.25) is 14.5 Å². The van der Waals surface area contributed by atoms with Gasteiger partial charge in [0.25, 0.3) is 5.91 Å². The molecule has 0 bridgehead atoms. The summed E-state index contributed by atoms with van der Waals surface area (Å²) in [6.45, 7) is 0. The van der Waals surface area contributed by atoms with Crippen molar-refractivity contribution in [1.82, 2.24) is 4.57 Å². The first kappa shape index (κ1) is 23.1. The van der Waals surface area contributed by atoms with Crippen LogP contribution in [-0.2, 0) is 11.8 Å². The van der Waals surface area contributed by atoms with Crippen LogP contribution in [0.25, 0.3) is 21.9 Å². The first-order chi connectivity index (χ1) is 17.9. The second-order valence-electron chi connectivity index (χ2n) is 8.88. The Morgan fingerprint density at radius 3 is 2.68 bits per heavy atom. The molecule has 0 saturated heterocycles. The predicted octanol–water partition coefficient (Wildman–Crippen LogP) is 6.48. The SMILES string of the molecule is COc1cccc(N2C(=O)C(O)=C(C(=O)c3cc4cc(Br)ccc4o3)C2c2cn(C)c3ccccc23)c1. The molecule has 0 aliphatic carbocycles. The number of Topliss-reactive ketones (excluding diaryl/α,β-unsaturated/α-hetero) is 1. The number of carbonyl (C=O) groups is 2. The van der Waals surface area contributed by atoms with Gasteiger partial charge >= 0.3 is 0 Å². The van der Waals surface area contributed by atoms with Crippen LogP contribution >= 0.6 is 15.9 Å². The minimum Gasteiger partial charge on any atom is -0.503 e. The van der Waals surface area contributed by atoms with Crippen molar-refractivity contribution in [2.75, 3.05) is 12.0 Å². The van der Waals surface area contributed by atoms with Gasteiger partial charge in [-0.2, -0.15) is 0 Å². The summed E-state index contributed by atoms with van der Waals surface area (Å²) in [4.78, 5) is 29.0. The van der Waals surface area contributed by atoms with E-state index in [0.29, 0.717) is 22.6 Å². The molecule has 1 N–H and O–H groups in total. The maximum Gasteiger partial charge on any atom is 0.294 e. The third-order valence-electron chi connectivity index (χ3n) is 6.71. The van der Waals surface area contributed by atoms with Crippen LogP contribution < -0.4 is 9.64 Å². The fourth-order valence-corrected chi connectivity index (χ4v) is 5.39. The van der Waals surface area contributed by atoms with E-state index in [4.69, 9.17) is 9.15 Å². The Morgan fingerprint density at radius 2 is 1.86 bits per heavy atom. The zero-order valence-corrected chi connectivity index (χ0v) is 21.5. The number of halogens is 1. The highest BCUT2D eigenvalue weighted by molar-refractivity contribution is 9.10. The van der Waals surface area contributed by atoms with E-state index < -0.39 is 23.5 Å². The number of furan rings is 1. The summed E-state index contributed by atoms with van der Waals surface area (Å²) < 4.78 is 14.0.